The largest absolute Gasteiger partial charge is 0.496 e. The molecule has 0 bridgehead atoms. The predicted octanol–water partition coefficient (Wildman–Crippen LogP) is 2.86. The SMILES string of the molecule is COc1cc(COCCC(F)(F)F)ccc1C(=O)O. The van der Waals surface area contributed by atoms with Crippen molar-refractivity contribution in [1.29, 1.82) is 0 Å². The average Bonchev–Trinajstić information content (AvgIpc) is 2.33. The van der Waals surface area contributed by atoms with Gasteiger partial charge in [0.1, 0.15) is 11.3 Å². The number of alkyl halides is 3. The van der Waals surface area contributed by atoms with E-state index in [0.717, 1.165) is 0 Å². The molecule has 0 aliphatic rings. The van der Waals surface area contributed by atoms with E-state index in [0.29, 0.717) is 5.56 Å². The van der Waals surface area contributed by atoms with Gasteiger partial charge < -0.3 is 14.6 Å². The monoisotopic (exact) mass is 278 g/mol. The van der Waals surface area contributed by atoms with Gasteiger partial charge >= 0.3 is 12.1 Å². The van der Waals surface area contributed by atoms with Crippen LogP contribution in [0.1, 0.15) is 22.3 Å². The van der Waals surface area contributed by atoms with Crippen molar-refractivity contribution in [3.63, 3.8) is 0 Å². The highest BCUT2D eigenvalue weighted by molar-refractivity contribution is 5.90. The van der Waals surface area contributed by atoms with Gasteiger partial charge in [0.05, 0.1) is 26.7 Å². The van der Waals surface area contributed by atoms with Crippen molar-refractivity contribution in [3.05, 3.63) is 29.3 Å². The van der Waals surface area contributed by atoms with Crippen LogP contribution in [0.25, 0.3) is 0 Å². The summed E-state index contributed by atoms with van der Waals surface area (Å²) in [5.74, 6) is -0.995. The summed E-state index contributed by atoms with van der Waals surface area (Å²) < 4.78 is 45.4. The zero-order chi connectivity index (χ0) is 14.5. The molecule has 0 spiro atoms. The van der Waals surface area contributed by atoms with E-state index in [1.165, 1.54) is 25.3 Å². The van der Waals surface area contributed by atoms with Crippen LogP contribution in [0.2, 0.25) is 0 Å². The Bertz CT molecular complexity index is 443. The molecule has 0 heterocycles. The lowest BCUT2D eigenvalue weighted by Crippen LogP contribution is -2.11. The third-order valence-corrected chi connectivity index (χ3v) is 2.29. The molecule has 0 saturated heterocycles. The molecule has 1 aromatic carbocycles. The van der Waals surface area contributed by atoms with Gasteiger partial charge in [-0.25, -0.2) is 4.79 Å². The van der Waals surface area contributed by atoms with Crippen LogP contribution in [0.3, 0.4) is 0 Å². The van der Waals surface area contributed by atoms with Gasteiger partial charge in [-0.3, -0.25) is 0 Å². The summed E-state index contributed by atoms with van der Waals surface area (Å²) in [6.07, 6.45) is -5.26. The van der Waals surface area contributed by atoms with Crippen molar-refractivity contribution in [2.75, 3.05) is 13.7 Å². The Morgan fingerprint density at radius 3 is 2.58 bits per heavy atom. The summed E-state index contributed by atoms with van der Waals surface area (Å²) >= 11 is 0. The Hall–Kier alpha value is -1.76. The fourth-order valence-corrected chi connectivity index (χ4v) is 1.38. The van der Waals surface area contributed by atoms with E-state index in [9.17, 15) is 18.0 Å². The second-order valence-corrected chi connectivity index (χ2v) is 3.76. The molecule has 0 aliphatic carbocycles. The number of aromatic carboxylic acids is 1. The van der Waals surface area contributed by atoms with Crippen LogP contribution in [0.5, 0.6) is 5.75 Å². The highest BCUT2D eigenvalue weighted by Gasteiger charge is 2.26. The molecule has 0 radical (unpaired) electrons. The first-order valence-electron chi connectivity index (χ1n) is 5.38. The maximum atomic E-state index is 11.9. The molecule has 1 rings (SSSR count). The van der Waals surface area contributed by atoms with Crippen LogP contribution in [0.4, 0.5) is 13.2 Å². The second-order valence-electron chi connectivity index (χ2n) is 3.76. The van der Waals surface area contributed by atoms with E-state index >= 15 is 0 Å². The van der Waals surface area contributed by atoms with Gasteiger partial charge in [0, 0.05) is 0 Å². The Labute approximate surface area is 107 Å². The van der Waals surface area contributed by atoms with Crippen LogP contribution in [0, 0.1) is 0 Å². The predicted molar refractivity (Wildman–Crippen MR) is 60.3 cm³/mol. The number of halogens is 3. The van der Waals surface area contributed by atoms with E-state index < -0.39 is 25.2 Å². The third-order valence-electron chi connectivity index (χ3n) is 2.29. The first kappa shape index (κ1) is 15.3. The van der Waals surface area contributed by atoms with E-state index in [2.05, 4.69) is 0 Å². The number of carboxylic acids is 1. The number of carboxylic acid groups (broad SMARTS) is 1. The maximum Gasteiger partial charge on any atom is 0.391 e. The van der Waals surface area contributed by atoms with Crippen molar-refractivity contribution in [1.82, 2.24) is 0 Å². The quantitative estimate of drug-likeness (QED) is 0.813. The number of methoxy groups -OCH3 is 1. The molecule has 0 saturated carbocycles. The second kappa shape index (κ2) is 6.42. The molecule has 1 aromatic rings. The zero-order valence-electron chi connectivity index (χ0n) is 10.2. The van der Waals surface area contributed by atoms with E-state index in [1.807, 2.05) is 0 Å². The van der Waals surface area contributed by atoms with Crippen molar-refractivity contribution in [2.45, 2.75) is 19.2 Å². The zero-order valence-corrected chi connectivity index (χ0v) is 10.2. The number of hydrogen-bond donors (Lipinski definition) is 1. The van der Waals surface area contributed by atoms with Gasteiger partial charge in [-0.15, -0.1) is 0 Å². The van der Waals surface area contributed by atoms with Crippen molar-refractivity contribution >= 4 is 5.97 Å². The van der Waals surface area contributed by atoms with Gasteiger partial charge in [0.15, 0.2) is 0 Å². The fourth-order valence-electron chi connectivity index (χ4n) is 1.38. The van der Waals surface area contributed by atoms with Gasteiger partial charge in [0.2, 0.25) is 0 Å². The van der Waals surface area contributed by atoms with Crippen molar-refractivity contribution in [2.24, 2.45) is 0 Å². The maximum absolute atomic E-state index is 11.9. The normalized spacial score (nSPS) is 11.4. The molecule has 1 N–H and O–H groups in total. The van der Waals surface area contributed by atoms with Gasteiger partial charge in [-0.1, -0.05) is 6.07 Å². The van der Waals surface area contributed by atoms with Gasteiger partial charge in [-0.05, 0) is 17.7 Å². The summed E-state index contributed by atoms with van der Waals surface area (Å²) in [6, 6.07) is 4.22. The van der Waals surface area contributed by atoms with Gasteiger partial charge in [-0.2, -0.15) is 13.2 Å². The van der Waals surface area contributed by atoms with Crippen LogP contribution >= 0.6 is 0 Å². The Kier molecular flexibility index (Phi) is 5.17. The fraction of sp³-hybridized carbons (Fsp3) is 0.417. The molecular formula is C12H13F3O4. The van der Waals surface area contributed by atoms with Crippen LogP contribution in [0.15, 0.2) is 18.2 Å². The number of ether oxygens (including phenoxy) is 2. The summed E-state index contributed by atoms with van der Waals surface area (Å²) in [6.45, 7) is -0.473. The van der Waals surface area contributed by atoms with Crippen LogP contribution < -0.4 is 4.74 Å². The number of benzene rings is 1. The smallest absolute Gasteiger partial charge is 0.391 e. The van der Waals surface area contributed by atoms with E-state index in [-0.39, 0.29) is 17.9 Å². The first-order chi connectivity index (χ1) is 8.83. The standard InChI is InChI=1S/C12H13F3O4/c1-18-10-6-8(2-3-9(10)11(16)17)7-19-5-4-12(13,14)15/h2-3,6H,4-5,7H2,1H3,(H,16,17). The molecule has 0 amide bonds. The third kappa shape index (κ3) is 5.17. The van der Waals surface area contributed by atoms with E-state index in [1.54, 1.807) is 0 Å². The lowest BCUT2D eigenvalue weighted by molar-refractivity contribution is -0.146. The highest BCUT2D eigenvalue weighted by atomic mass is 19.4. The van der Waals surface area contributed by atoms with Crippen LogP contribution in [-0.4, -0.2) is 31.0 Å². The Balaban J connectivity index is 2.58. The molecule has 106 valence electrons. The summed E-state index contributed by atoms with van der Waals surface area (Å²) in [5, 5.41) is 8.86. The highest BCUT2D eigenvalue weighted by Crippen LogP contribution is 2.22. The Morgan fingerprint density at radius 2 is 2.05 bits per heavy atom. The molecule has 0 aliphatic heterocycles. The van der Waals surface area contributed by atoms with Crippen molar-refractivity contribution in [3.8, 4) is 5.75 Å². The number of carbonyl (C=O) groups is 1. The number of hydrogen-bond acceptors (Lipinski definition) is 3. The first-order valence-corrected chi connectivity index (χ1v) is 5.38. The lowest BCUT2D eigenvalue weighted by atomic mass is 10.1. The van der Waals surface area contributed by atoms with Crippen molar-refractivity contribution < 1.29 is 32.5 Å². The summed E-state index contributed by atoms with van der Waals surface area (Å²) in [4.78, 5) is 10.8. The molecule has 7 heteroatoms. The Morgan fingerprint density at radius 1 is 1.37 bits per heavy atom. The molecule has 0 atom stereocenters. The van der Waals surface area contributed by atoms with Crippen LogP contribution in [-0.2, 0) is 11.3 Å². The molecule has 0 fully saturated rings. The minimum absolute atomic E-state index is 0.0125. The molecule has 4 nitrogen and oxygen atoms in total. The summed E-state index contributed by atoms with van der Waals surface area (Å²) in [7, 11) is 1.32. The average molecular weight is 278 g/mol. The lowest BCUT2D eigenvalue weighted by Gasteiger charge is -2.09. The topological polar surface area (TPSA) is 55.8 Å². The summed E-state index contributed by atoms with van der Waals surface area (Å²) in [5.41, 5.74) is 0.533. The van der Waals surface area contributed by atoms with Gasteiger partial charge in [0.25, 0.3) is 0 Å². The van der Waals surface area contributed by atoms with E-state index in [4.69, 9.17) is 14.6 Å². The minimum Gasteiger partial charge on any atom is -0.496 e. The molecular weight excluding hydrogens is 265 g/mol. The molecule has 0 unspecified atom stereocenters. The minimum atomic E-state index is -4.25. The number of rotatable bonds is 6. The molecule has 0 aromatic heterocycles. The molecule has 19 heavy (non-hydrogen) atoms.